The van der Waals surface area contributed by atoms with Gasteiger partial charge in [-0.3, -0.25) is 14.6 Å². The van der Waals surface area contributed by atoms with Crippen LogP contribution in [0.25, 0.3) is 0 Å². The van der Waals surface area contributed by atoms with Gasteiger partial charge in [-0.15, -0.1) is 0 Å². The summed E-state index contributed by atoms with van der Waals surface area (Å²) < 4.78 is 0. The second-order valence-corrected chi connectivity index (χ2v) is 4.79. The molecule has 0 aromatic carbocycles. The molecule has 0 unspecified atom stereocenters. The van der Waals surface area contributed by atoms with Crippen LogP contribution < -0.4 is 16.4 Å². The summed E-state index contributed by atoms with van der Waals surface area (Å²) in [7, 11) is 0. The molecule has 0 aliphatic rings. The number of nitrogens with zero attached hydrogens (tertiary/aromatic N) is 1. The summed E-state index contributed by atoms with van der Waals surface area (Å²) in [6, 6.07) is 1.19. The summed E-state index contributed by atoms with van der Waals surface area (Å²) in [5, 5.41) is 5.15. The van der Waals surface area contributed by atoms with Gasteiger partial charge < -0.3 is 16.4 Å². The van der Waals surface area contributed by atoms with Crippen molar-refractivity contribution in [3.63, 3.8) is 0 Å². The summed E-state index contributed by atoms with van der Waals surface area (Å²) >= 11 is 0. The van der Waals surface area contributed by atoms with E-state index < -0.39 is 6.04 Å². The van der Waals surface area contributed by atoms with Crippen molar-refractivity contribution in [2.45, 2.75) is 26.8 Å². The lowest BCUT2D eigenvalue weighted by Gasteiger charge is -2.15. The van der Waals surface area contributed by atoms with Crippen molar-refractivity contribution < 1.29 is 9.59 Å². The van der Waals surface area contributed by atoms with Gasteiger partial charge in [0.1, 0.15) is 0 Å². The van der Waals surface area contributed by atoms with Crippen LogP contribution in [-0.4, -0.2) is 29.4 Å². The number of carbonyl (C=O) groups is 2. The minimum Gasteiger partial charge on any atom is -0.346 e. The molecular weight excluding hydrogens is 244 g/mol. The molecule has 0 spiro atoms. The number of hydrogen-bond donors (Lipinski definition) is 3. The number of carbonyl (C=O) groups excluding carboxylic acids is 2. The second kappa shape index (κ2) is 6.84. The number of anilines is 1. The number of amides is 2. The zero-order chi connectivity index (χ0) is 14.4. The van der Waals surface area contributed by atoms with Crippen LogP contribution in [0.5, 0.6) is 0 Å². The Bertz CT molecular complexity index is 460. The zero-order valence-electron chi connectivity index (χ0n) is 11.4. The standard InChI is InChI=1S/C13H20N4O2/c1-8(2)12(14)13(19)16-7-11(18)17-10-4-9(3)5-15-6-10/h4-6,8,12H,7,14H2,1-3H3,(H,16,19)(H,17,18)/t12-/m0/s1. The van der Waals surface area contributed by atoms with Crippen LogP contribution in [0.15, 0.2) is 18.5 Å². The van der Waals surface area contributed by atoms with Crippen LogP contribution in [0.1, 0.15) is 19.4 Å². The van der Waals surface area contributed by atoms with Gasteiger partial charge in [0.15, 0.2) is 0 Å². The van der Waals surface area contributed by atoms with E-state index in [1.807, 2.05) is 20.8 Å². The molecule has 0 saturated carbocycles. The quantitative estimate of drug-likeness (QED) is 0.718. The van der Waals surface area contributed by atoms with Gasteiger partial charge >= 0.3 is 0 Å². The SMILES string of the molecule is Cc1cncc(NC(=O)CNC(=O)[C@@H](N)C(C)C)c1. The minimum absolute atomic E-state index is 0.0315. The number of aryl methyl sites for hydroxylation is 1. The molecule has 19 heavy (non-hydrogen) atoms. The van der Waals surface area contributed by atoms with Gasteiger partial charge in [-0.05, 0) is 24.5 Å². The van der Waals surface area contributed by atoms with E-state index in [-0.39, 0.29) is 24.3 Å². The third-order valence-electron chi connectivity index (χ3n) is 2.60. The van der Waals surface area contributed by atoms with Crippen molar-refractivity contribution in [2.75, 3.05) is 11.9 Å². The maximum Gasteiger partial charge on any atom is 0.243 e. The van der Waals surface area contributed by atoms with E-state index in [0.29, 0.717) is 5.69 Å². The highest BCUT2D eigenvalue weighted by Crippen LogP contribution is 2.06. The lowest BCUT2D eigenvalue weighted by Crippen LogP contribution is -2.46. The first kappa shape index (κ1) is 15.1. The first-order valence-electron chi connectivity index (χ1n) is 6.15. The second-order valence-electron chi connectivity index (χ2n) is 4.79. The Hall–Kier alpha value is -1.95. The van der Waals surface area contributed by atoms with Gasteiger partial charge in [0.2, 0.25) is 11.8 Å². The minimum atomic E-state index is -0.603. The van der Waals surface area contributed by atoms with E-state index in [9.17, 15) is 9.59 Å². The van der Waals surface area contributed by atoms with Crippen LogP contribution in [0, 0.1) is 12.8 Å². The average Bonchev–Trinajstić information content (AvgIpc) is 2.34. The molecule has 2 amide bonds. The number of rotatable bonds is 5. The summed E-state index contributed by atoms with van der Waals surface area (Å²) in [6.07, 6.45) is 3.24. The van der Waals surface area contributed by atoms with Gasteiger partial charge in [-0.1, -0.05) is 13.8 Å². The largest absolute Gasteiger partial charge is 0.346 e. The number of aromatic nitrogens is 1. The van der Waals surface area contributed by atoms with E-state index in [1.165, 1.54) is 0 Å². The number of nitrogens with two attached hydrogens (primary N) is 1. The maximum atomic E-state index is 11.6. The Morgan fingerprint density at radius 1 is 1.37 bits per heavy atom. The molecule has 6 heteroatoms. The van der Waals surface area contributed by atoms with Crippen LogP contribution >= 0.6 is 0 Å². The zero-order valence-corrected chi connectivity index (χ0v) is 11.4. The van der Waals surface area contributed by atoms with Crippen LogP contribution in [0.3, 0.4) is 0 Å². The van der Waals surface area contributed by atoms with Crippen molar-refractivity contribution in [3.05, 3.63) is 24.0 Å². The van der Waals surface area contributed by atoms with Gasteiger partial charge in [0, 0.05) is 6.20 Å². The van der Waals surface area contributed by atoms with Gasteiger partial charge in [-0.25, -0.2) is 0 Å². The molecule has 1 atom stereocenters. The van der Waals surface area contributed by atoms with E-state index in [1.54, 1.807) is 18.5 Å². The van der Waals surface area contributed by atoms with Crippen molar-refractivity contribution >= 4 is 17.5 Å². The molecule has 6 nitrogen and oxygen atoms in total. The lowest BCUT2D eigenvalue weighted by molar-refractivity contribution is -0.125. The van der Waals surface area contributed by atoms with Crippen molar-refractivity contribution in [2.24, 2.45) is 11.7 Å². The highest BCUT2D eigenvalue weighted by atomic mass is 16.2. The summed E-state index contributed by atoms with van der Waals surface area (Å²) in [6.45, 7) is 5.48. The van der Waals surface area contributed by atoms with E-state index >= 15 is 0 Å². The van der Waals surface area contributed by atoms with E-state index in [0.717, 1.165) is 5.56 Å². The maximum absolute atomic E-state index is 11.6. The fourth-order valence-electron chi connectivity index (χ4n) is 1.42. The van der Waals surface area contributed by atoms with Crippen molar-refractivity contribution in [3.8, 4) is 0 Å². The molecule has 1 heterocycles. The van der Waals surface area contributed by atoms with E-state index in [4.69, 9.17) is 5.73 Å². The number of pyridine rings is 1. The predicted molar refractivity (Wildman–Crippen MR) is 73.4 cm³/mol. The molecule has 1 rings (SSSR count). The molecule has 0 bridgehead atoms. The summed E-state index contributed by atoms with van der Waals surface area (Å²) in [4.78, 5) is 27.2. The van der Waals surface area contributed by atoms with Crippen LogP contribution in [0.2, 0.25) is 0 Å². The molecule has 0 saturated heterocycles. The molecule has 4 N–H and O–H groups in total. The highest BCUT2D eigenvalue weighted by Gasteiger charge is 2.17. The normalized spacial score (nSPS) is 12.1. The first-order valence-corrected chi connectivity index (χ1v) is 6.15. The molecular formula is C13H20N4O2. The van der Waals surface area contributed by atoms with Gasteiger partial charge in [-0.2, -0.15) is 0 Å². The molecule has 0 fully saturated rings. The van der Waals surface area contributed by atoms with Crippen molar-refractivity contribution in [1.29, 1.82) is 0 Å². The first-order chi connectivity index (χ1) is 8.90. The predicted octanol–water partition coefficient (Wildman–Crippen LogP) is 0.428. The third kappa shape index (κ3) is 5.05. The molecule has 104 valence electrons. The topological polar surface area (TPSA) is 97.1 Å². The van der Waals surface area contributed by atoms with Crippen LogP contribution in [-0.2, 0) is 9.59 Å². The Morgan fingerprint density at radius 2 is 2.05 bits per heavy atom. The average molecular weight is 264 g/mol. The molecule has 0 radical (unpaired) electrons. The molecule has 1 aromatic rings. The Labute approximate surface area is 112 Å². The number of nitrogens with one attached hydrogen (secondary N) is 2. The molecule has 1 aromatic heterocycles. The Balaban J connectivity index is 2.42. The van der Waals surface area contributed by atoms with Gasteiger partial charge in [0.05, 0.1) is 24.5 Å². The number of hydrogen-bond acceptors (Lipinski definition) is 4. The fourth-order valence-corrected chi connectivity index (χ4v) is 1.42. The monoisotopic (exact) mass is 264 g/mol. The highest BCUT2D eigenvalue weighted by molar-refractivity contribution is 5.95. The summed E-state index contributed by atoms with van der Waals surface area (Å²) in [5.74, 6) is -0.603. The Kier molecular flexibility index (Phi) is 5.44. The summed E-state index contributed by atoms with van der Waals surface area (Å²) in [5.41, 5.74) is 7.22. The Morgan fingerprint density at radius 3 is 2.63 bits per heavy atom. The molecule has 0 aliphatic heterocycles. The molecule has 0 aliphatic carbocycles. The van der Waals surface area contributed by atoms with Crippen LogP contribution in [0.4, 0.5) is 5.69 Å². The lowest BCUT2D eigenvalue weighted by atomic mass is 10.1. The van der Waals surface area contributed by atoms with E-state index in [2.05, 4.69) is 15.6 Å². The van der Waals surface area contributed by atoms with Crippen molar-refractivity contribution in [1.82, 2.24) is 10.3 Å². The van der Waals surface area contributed by atoms with Gasteiger partial charge in [0.25, 0.3) is 0 Å². The third-order valence-corrected chi connectivity index (χ3v) is 2.60. The smallest absolute Gasteiger partial charge is 0.243 e. The fraction of sp³-hybridized carbons (Fsp3) is 0.462.